The van der Waals surface area contributed by atoms with Gasteiger partial charge in [0.1, 0.15) is 16.2 Å². The molecule has 0 aliphatic heterocycles. The van der Waals surface area contributed by atoms with Crippen molar-refractivity contribution in [1.29, 1.82) is 0 Å². The molecule has 95 valence electrons. The van der Waals surface area contributed by atoms with E-state index in [9.17, 15) is 0 Å². The predicted octanol–water partition coefficient (Wildman–Crippen LogP) is 3.63. The second-order valence-corrected chi connectivity index (χ2v) is 4.67. The Kier molecular flexibility index (Phi) is 13.3. The van der Waals surface area contributed by atoms with Gasteiger partial charge in [0, 0.05) is 13.2 Å². The number of rotatable bonds is 12. The fraction of sp³-hybridized carbons (Fsp3) is 1.00. The summed E-state index contributed by atoms with van der Waals surface area (Å²) in [6.45, 7) is 6.02. The first-order valence-electron chi connectivity index (χ1n) is 6.75. The average molecular weight is 243 g/mol. The van der Waals surface area contributed by atoms with Crippen molar-refractivity contribution in [3.05, 3.63) is 0 Å². The Morgan fingerprint density at radius 2 is 1.19 bits per heavy atom. The summed E-state index contributed by atoms with van der Waals surface area (Å²) in [6.07, 6.45) is 9.91. The van der Waals surface area contributed by atoms with E-state index >= 15 is 0 Å². The van der Waals surface area contributed by atoms with Gasteiger partial charge in [0.15, 0.2) is 0 Å². The maximum Gasteiger partial charge on any atom is 0.134 e. The lowest BCUT2D eigenvalue weighted by Crippen LogP contribution is -2.18. The minimum absolute atomic E-state index is 0.219. The average Bonchev–Trinajstić information content (AvgIpc) is 2.28. The van der Waals surface area contributed by atoms with Gasteiger partial charge in [0.25, 0.3) is 0 Å². The van der Waals surface area contributed by atoms with Crippen LogP contribution in [-0.4, -0.2) is 29.4 Å². The van der Waals surface area contributed by atoms with Gasteiger partial charge in [-0.2, -0.15) is 0 Å². The maximum atomic E-state index is 5.49. The molecule has 0 spiro atoms. The summed E-state index contributed by atoms with van der Waals surface area (Å²) >= 11 is 0. The maximum absolute atomic E-state index is 5.49. The summed E-state index contributed by atoms with van der Waals surface area (Å²) in [6, 6.07) is 0. The predicted molar refractivity (Wildman–Crippen MR) is 69.7 cm³/mol. The van der Waals surface area contributed by atoms with Crippen LogP contribution in [0.25, 0.3) is 0 Å². The highest BCUT2D eigenvalue weighted by Crippen LogP contribution is 2.02. The van der Waals surface area contributed by atoms with Crippen molar-refractivity contribution in [3.63, 3.8) is 0 Å². The molecule has 0 unspecified atom stereocenters. The van der Waals surface area contributed by atoms with Crippen LogP contribution in [0.15, 0.2) is 0 Å². The first-order valence-corrected chi connectivity index (χ1v) is 7.33. The van der Waals surface area contributed by atoms with Crippen molar-refractivity contribution in [3.8, 4) is 0 Å². The lowest BCUT2D eigenvalue weighted by Gasteiger charge is -2.13. The van der Waals surface area contributed by atoms with Gasteiger partial charge in [-0.05, 0) is 12.8 Å². The van der Waals surface area contributed by atoms with Gasteiger partial charge in [-0.25, -0.2) is 0 Å². The molecule has 0 N–H and O–H groups in total. The number of hydrogen-bond donors (Lipinski definition) is 0. The van der Waals surface area contributed by atoms with E-state index in [2.05, 4.69) is 24.1 Å². The lowest BCUT2D eigenvalue weighted by molar-refractivity contribution is -0.0899. The normalized spacial score (nSPS) is 11.2. The molecule has 0 aromatic rings. The summed E-state index contributed by atoms with van der Waals surface area (Å²) in [5.74, 6) is -0.219. The topological polar surface area (TPSA) is 18.5 Å². The molecule has 0 heterocycles. The van der Waals surface area contributed by atoms with Crippen LogP contribution in [-0.2, 0) is 9.47 Å². The molecular formula is C13H27O2Si. The third kappa shape index (κ3) is 12.2. The van der Waals surface area contributed by atoms with E-state index in [-0.39, 0.29) is 5.91 Å². The summed E-state index contributed by atoms with van der Waals surface area (Å²) in [5, 5.41) is 0. The Bertz CT molecular complexity index is 117. The molecule has 0 atom stereocenters. The molecule has 0 aliphatic rings. The molecule has 0 aromatic heterocycles. The second-order valence-electron chi connectivity index (χ2n) is 4.19. The zero-order chi connectivity index (χ0) is 12.1. The number of hydrogen-bond acceptors (Lipinski definition) is 2. The molecule has 2 nitrogen and oxygen atoms in total. The molecule has 0 saturated carbocycles. The lowest BCUT2D eigenvalue weighted by atomic mass is 10.2. The van der Waals surface area contributed by atoms with Gasteiger partial charge in [-0.15, -0.1) is 0 Å². The Morgan fingerprint density at radius 3 is 1.56 bits per heavy atom. The fourth-order valence-electron chi connectivity index (χ4n) is 1.49. The smallest absolute Gasteiger partial charge is 0.134 e. The standard InChI is InChI=1S/C13H27O2Si/c1-3-5-7-9-11-14-13(16)15-12-10-8-6-4-2/h13H,3-12H2,1-2H3. The van der Waals surface area contributed by atoms with Crippen LogP contribution < -0.4 is 0 Å². The number of unbranched alkanes of at least 4 members (excludes halogenated alkanes) is 6. The molecule has 0 rings (SSSR count). The van der Waals surface area contributed by atoms with Crippen molar-refractivity contribution in [2.45, 2.75) is 71.1 Å². The molecule has 0 bridgehead atoms. The van der Waals surface area contributed by atoms with E-state index < -0.39 is 0 Å². The molecule has 0 amide bonds. The summed E-state index contributed by atoms with van der Waals surface area (Å²) in [5.41, 5.74) is 0. The van der Waals surface area contributed by atoms with E-state index in [0.717, 1.165) is 26.1 Å². The third-order valence-electron chi connectivity index (χ3n) is 2.53. The zero-order valence-electron chi connectivity index (χ0n) is 11.0. The van der Waals surface area contributed by atoms with E-state index in [4.69, 9.17) is 9.47 Å². The highest BCUT2D eigenvalue weighted by atomic mass is 28.1. The van der Waals surface area contributed by atoms with Crippen LogP contribution in [0.3, 0.4) is 0 Å². The van der Waals surface area contributed by atoms with Crippen LogP contribution in [0.5, 0.6) is 0 Å². The summed E-state index contributed by atoms with van der Waals surface area (Å²) < 4.78 is 11.0. The first-order chi connectivity index (χ1) is 7.81. The minimum atomic E-state index is -0.219. The van der Waals surface area contributed by atoms with E-state index in [1.807, 2.05) is 0 Å². The van der Waals surface area contributed by atoms with Crippen molar-refractivity contribution in [2.24, 2.45) is 0 Å². The molecule has 0 aliphatic carbocycles. The molecule has 3 heteroatoms. The molecular weight excluding hydrogens is 216 g/mol. The quantitative estimate of drug-likeness (QED) is 0.296. The van der Waals surface area contributed by atoms with Gasteiger partial charge >= 0.3 is 0 Å². The largest absolute Gasteiger partial charge is 0.357 e. The van der Waals surface area contributed by atoms with Gasteiger partial charge < -0.3 is 9.47 Å². The molecule has 3 radical (unpaired) electrons. The van der Waals surface area contributed by atoms with E-state index in [1.165, 1.54) is 38.5 Å². The summed E-state index contributed by atoms with van der Waals surface area (Å²) in [4.78, 5) is 0. The SMILES string of the molecule is CCCCCCOC([Si])OCCCCCC. The Balaban J connectivity index is 3.09. The van der Waals surface area contributed by atoms with Crippen LogP contribution in [0.2, 0.25) is 0 Å². The van der Waals surface area contributed by atoms with Crippen molar-refractivity contribution < 1.29 is 9.47 Å². The van der Waals surface area contributed by atoms with Crippen LogP contribution in [0.1, 0.15) is 65.2 Å². The monoisotopic (exact) mass is 243 g/mol. The van der Waals surface area contributed by atoms with Crippen LogP contribution in [0, 0.1) is 0 Å². The zero-order valence-corrected chi connectivity index (χ0v) is 12.0. The van der Waals surface area contributed by atoms with E-state index in [1.54, 1.807) is 0 Å². The van der Waals surface area contributed by atoms with Crippen molar-refractivity contribution >= 4 is 10.2 Å². The van der Waals surface area contributed by atoms with Gasteiger partial charge in [-0.1, -0.05) is 52.4 Å². The Morgan fingerprint density at radius 1 is 0.750 bits per heavy atom. The Labute approximate surface area is 105 Å². The summed E-state index contributed by atoms with van der Waals surface area (Å²) in [7, 11) is 3.42. The van der Waals surface area contributed by atoms with Crippen LogP contribution in [0.4, 0.5) is 0 Å². The van der Waals surface area contributed by atoms with Gasteiger partial charge in [0.2, 0.25) is 0 Å². The minimum Gasteiger partial charge on any atom is -0.357 e. The van der Waals surface area contributed by atoms with Crippen LogP contribution >= 0.6 is 0 Å². The van der Waals surface area contributed by atoms with E-state index in [0.29, 0.717) is 0 Å². The molecule has 0 fully saturated rings. The van der Waals surface area contributed by atoms with Crippen molar-refractivity contribution in [1.82, 2.24) is 0 Å². The highest BCUT2D eigenvalue weighted by Gasteiger charge is 2.01. The highest BCUT2D eigenvalue weighted by molar-refractivity contribution is 6.10. The molecule has 16 heavy (non-hydrogen) atoms. The number of ether oxygens (including phenoxy) is 2. The van der Waals surface area contributed by atoms with Crippen molar-refractivity contribution in [2.75, 3.05) is 13.2 Å². The molecule has 0 saturated heterocycles. The Hall–Kier alpha value is 0.137. The fourth-order valence-corrected chi connectivity index (χ4v) is 1.72. The first kappa shape index (κ1) is 16.1. The van der Waals surface area contributed by atoms with Gasteiger partial charge in [0.05, 0.1) is 0 Å². The molecule has 0 aromatic carbocycles. The van der Waals surface area contributed by atoms with Gasteiger partial charge in [-0.3, -0.25) is 0 Å². The third-order valence-corrected chi connectivity index (χ3v) is 2.87. The second kappa shape index (κ2) is 13.2.